The monoisotopic (exact) mass is 506 g/mol. The molecule has 1 amide bonds. The van der Waals surface area contributed by atoms with Crippen LogP contribution in [0.4, 0.5) is 26.3 Å². The maximum Gasteiger partial charge on any atom is 0.490 e. The van der Waals surface area contributed by atoms with Crippen LogP contribution in [0.1, 0.15) is 46.5 Å². The van der Waals surface area contributed by atoms with Gasteiger partial charge in [0.25, 0.3) is 5.91 Å². The first-order valence-corrected chi connectivity index (χ1v) is 10.1. The second-order valence-corrected chi connectivity index (χ2v) is 7.80. The number of carbonyl (C=O) groups excluding carboxylic acids is 1. The van der Waals surface area contributed by atoms with Gasteiger partial charge in [0.1, 0.15) is 5.82 Å². The maximum absolute atomic E-state index is 12.8. The number of carbonyl (C=O) groups is 2. The summed E-state index contributed by atoms with van der Waals surface area (Å²) in [6, 6.07) is 4.88. The lowest BCUT2D eigenvalue weighted by Crippen LogP contribution is -2.27. The number of carboxylic acids is 1. The molecule has 1 aliphatic heterocycles. The number of aromatic nitrogens is 4. The summed E-state index contributed by atoms with van der Waals surface area (Å²) in [5, 5.41) is 11.5. The number of imidazole rings is 1. The van der Waals surface area contributed by atoms with Crippen molar-refractivity contribution in [3.05, 3.63) is 47.0 Å². The number of carboxylic acid groups (broad SMARTS) is 1. The van der Waals surface area contributed by atoms with E-state index >= 15 is 0 Å². The smallest absolute Gasteiger partial charge is 0.475 e. The molecular formula is C20H20F6N6O3. The Morgan fingerprint density at radius 3 is 2.46 bits per heavy atom. The molecule has 4 N–H and O–H groups in total. The van der Waals surface area contributed by atoms with E-state index in [0.29, 0.717) is 17.0 Å². The highest BCUT2D eigenvalue weighted by Crippen LogP contribution is 2.31. The van der Waals surface area contributed by atoms with Gasteiger partial charge in [0.05, 0.1) is 28.8 Å². The number of benzene rings is 1. The molecule has 1 aromatic carbocycles. The third kappa shape index (κ3) is 6.09. The van der Waals surface area contributed by atoms with E-state index in [1.165, 1.54) is 11.0 Å². The molecule has 0 saturated heterocycles. The number of alkyl halides is 6. The Labute approximate surface area is 193 Å². The van der Waals surface area contributed by atoms with E-state index in [0.717, 1.165) is 37.2 Å². The zero-order valence-corrected chi connectivity index (χ0v) is 18.1. The Bertz CT molecular complexity index is 1230. The highest BCUT2D eigenvalue weighted by molar-refractivity contribution is 5.92. The molecule has 9 nitrogen and oxygen atoms in total. The quantitative estimate of drug-likeness (QED) is 0.467. The number of aryl methyl sites for hydroxylation is 1. The molecule has 0 spiro atoms. The average molecular weight is 506 g/mol. The molecule has 2 aromatic heterocycles. The van der Waals surface area contributed by atoms with Gasteiger partial charge in [-0.25, -0.2) is 9.78 Å². The van der Waals surface area contributed by atoms with Crippen LogP contribution < -0.4 is 5.73 Å². The summed E-state index contributed by atoms with van der Waals surface area (Å²) >= 11 is 0. The SMILES string of the molecule is CN(Cc1nc2ccc(C(F)(F)F)cc2[nH]1)C(=O)c1cc2n(n1)CCCC2N.O=C(O)C(F)(F)F. The molecule has 190 valence electrons. The van der Waals surface area contributed by atoms with E-state index in [4.69, 9.17) is 15.6 Å². The molecule has 1 aliphatic rings. The number of amides is 1. The van der Waals surface area contributed by atoms with Crippen LogP contribution in [-0.4, -0.2) is 54.9 Å². The Morgan fingerprint density at radius 1 is 1.23 bits per heavy atom. The molecule has 3 heterocycles. The average Bonchev–Trinajstić information content (AvgIpc) is 3.36. The normalized spacial score (nSPS) is 15.8. The number of rotatable bonds is 3. The van der Waals surface area contributed by atoms with Crippen molar-refractivity contribution in [3.63, 3.8) is 0 Å². The predicted octanol–water partition coefficient (Wildman–Crippen LogP) is 3.48. The summed E-state index contributed by atoms with van der Waals surface area (Å²) in [4.78, 5) is 30.1. The lowest BCUT2D eigenvalue weighted by atomic mass is 10.1. The van der Waals surface area contributed by atoms with Crippen molar-refractivity contribution in [2.45, 2.75) is 44.3 Å². The van der Waals surface area contributed by atoms with Gasteiger partial charge in [-0.2, -0.15) is 31.4 Å². The summed E-state index contributed by atoms with van der Waals surface area (Å²) in [6.45, 7) is 0.842. The number of nitrogens with zero attached hydrogens (tertiary/aromatic N) is 4. The van der Waals surface area contributed by atoms with Gasteiger partial charge in [-0.1, -0.05) is 0 Å². The lowest BCUT2D eigenvalue weighted by molar-refractivity contribution is -0.192. The van der Waals surface area contributed by atoms with Crippen molar-refractivity contribution in [1.29, 1.82) is 0 Å². The molecule has 1 atom stereocenters. The third-order valence-corrected chi connectivity index (χ3v) is 5.13. The van der Waals surface area contributed by atoms with Crippen molar-refractivity contribution >= 4 is 22.9 Å². The van der Waals surface area contributed by atoms with Crippen LogP contribution in [0.5, 0.6) is 0 Å². The number of aromatic amines is 1. The van der Waals surface area contributed by atoms with E-state index in [9.17, 15) is 31.1 Å². The molecule has 0 radical (unpaired) electrons. The molecule has 0 saturated carbocycles. The summed E-state index contributed by atoms with van der Waals surface area (Å²) in [5.41, 5.74) is 7.13. The van der Waals surface area contributed by atoms with Crippen molar-refractivity contribution < 1.29 is 41.0 Å². The van der Waals surface area contributed by atoms with E-state index in [1.54, 1.807) is 17.8 Å². The molecule has 1 unspecified atom stereocenters. The zero-order chi connectivity index (χ0) is 26.1. The van der Waals surface area contributed by atoms with Crippen LogP contribution in [0.15, 0.2) is 24.3 Å². The predicted molar refractivity (Wildman–Crippen MR) is 109 cm³/mol. The fourth-order valence-electron chi connectivity index (χ4n) is 3.43. The standard InChI is InChI=1S/C18H19F3N6O.C2HF3O2/c1-26(17(28)14-8-15-11(22)3-2-6-27(15)25-14)9-16-23-12-5-4-10(18(19,20)21)7-13(12)24-16;3-2(4,5)1(6)7/h4-5,7-8,11H,2-3,6,9,22H2,1H3,(H,23,24);(H,6,7). The molecule has 4 rings (SSSR count). The second-order valence-electron chi connectivity index (χ2n) is 7.80. The molecule has 15 heteroatoms. The number of halogens is 6. The Morgan fingerprint density at radius 2 is 1.89 bits per heavy atom. The molecule has 35 heavy (non-hydrogen) atoms. The van der Waals surface area contributed by atoms with Gasteiger partial charge in [0, 0.05) is 19.6 Å². The molecular weight excluding hydrogens is 486 g/mol. The van der Waals surface area contributed by atoms with Gasteiger partial charge < -0.3 is 20.7 Å². The minimum atomic E-state index is -5.08. The van der Waals surface area contributed by atoms with Crippen LogP contribution >= 0.6 is 0 Å². The highest BCUT2D eigenvalue weighted by Gasteiger charge is 2.38. The van der Waals surface area contributed by atoms with E-state index in [1.807, 2.05) is 0 Å². The summed E-state index contributed by atoms with van der Waals surface area (Å²) in [7, 11) is 1.59. The number of nitrogens with one attached hydrogen (secondary N) is 1. The van der Waals surface area contributed by atoms with Gasteiger partial charge in [-0.3, -0.25) is 9.48 Å². The molecule has 3 aromatic rings. The number of fused-ring (bicyclic) bond motifs is 2. The first kappa shape index (κ1) is 26.0. The third-order valence-electron chi connectivity index (χ3n) is 5.13. The zero-order valence-electron chi connectivity index (χ0n) is 18.1. The van der Waals surface area contributed by atoms with Crippen molar-refractivity contribution in [1.82, 2.24) is 24.6 Å². The van der Waals surface area contributed by atoms with Crippen molar-refractivity contribution in [3.8, 4) is 0 Å². The first-order valence-electron chi connectivity index (χ1n) is 10.1. The topological polar surface area (TPSA) is 130 Å². The van der Waals surface area contributed by atoms with Gasteiger partial charge in [0.15, 0.2) is 5.69 Å². The van der Waals surface area contributed by atoms with E-state index in [-0.39, 0.29) is 24.0 Å². The van der Waals surface area contributed by atoms with Gasteiger partial charge in [-0.05, 0) is 37.1 Å². The minimum absolute atomic E-state index is 0.114. The summed E-state index contributed by atoms with van der Waals surface area (Å²) < 4.78 is 72.0. The Kier molecular flexibility index (Phi) is 7.10. The van der Waals surface area contributed by atoms with Crippen molar-refractivity contribution in [2.24, 2.45) is 5.73 Å². The van der Waals surface area contributed by atoms with E-state index in [2.05, 4.69) is 15.1 Å². The first-order chi connectivity index (χ1) is 16.2. The molecule has 0 aliphatic carbocycles. The van der Waals surface area contributed by atoms with Gasteiger partial charge in [0.2, 0.25) is 0 Å². The number of aliphatic carboxylic acids is 1. The fourth-order valence-corrected chi connectivity index (χ4v) is 3.43. The van der Waals surface area contributed by atoms with Gasteiger partial charge >= 0.3 is 18.3 Å². The Balaban J connectivity index is 0.000000429. The van der Waals surface area contributed by atoms with Gasteiger partial charge in [-0.15, -0.1) is 0 Å². The minimum Gasteiger partial charge on any atom is -0.475 e. The maximum atomic E-state index is 12.8. The van der Waals surface area contributed by atoms with Crippen LogP contribution in [0, 0.1) is 0 Å². The highest BCUT2D eigenvalue weighted by atomic mass is 19.4. The van der Waals surface area contributed by atoms with Crippen LogP contribution in [0.25, 0.3) is 11.0 Å². The lowest BCUT2D eigenvalue weighted by Gasteiger charge is -2.19. The van der Waals surface area contributed by atoms with Crippen LogP contribution in [-0.2, 0) is 24.1 Å². The van der Waals surface area contributed by atoms with Crippen LogP contribution in [0.3, 0.4) is 0 Å². The molecule has 0 bridgehead atoms. The summed E-state index contributed by atoms with van der Waals surface area (Å²) in [6.07, 6.45) is -7.74. The van der Waals surface area contributed by atoms with Crippen LogP contribution in [0.2, 0.25) is 0 Å². The fraction of sp³-hybridized carbons (Fsp3) is 0.400. The number of hydrogen-bond acceptors (Lipinski definition) is 5. The Hall–Kier alpha value is -3.62. The molecule has 0 fully saturated rings. The largest absolute Gasteiger partial charge is 0.490 e. The van der Waals surface area contributed by atoms with Crippen molar-refractivity contribution in [2.75, 3.05) is 7.05 Å². The number of nitrogens with two attached hydrogens (primary N) is 1. The second kappa shape index (κ2) is 9.56. The summed E-state index contributed by atoms with van der Waals surface area (Å²) in [5.74, 6) is -2.66. The number of hydrogen-bond donors (Lipinski definition) is 3. The number of H-pyrrole nitrogens is 1. The van der Waals surface area contributed by atoms with E-state index < -0.39 is 23.9 Å².